The average Bonchev–Trinajstić information content (AvgIpc) is 3.25. The van der Waals surface area contributed by atoms with E-state index in [1.807, 2.05) is 30.3 Å². The van der Waals surface area contributed by atoms with Gasteiger partial charge in [0.2, 0.25) is 0 Å². The molecule has 5 rings (SSSR count). The maximum absolute atomic E-state index is 13.3. The molecule has 0 spiro atoms. The normalized spacial score (nSPS) is 11.6. The minimum absolute atomic E-state index is 0.00921. The van der Waals surface area contributed by atoms with E-state index in [0.29, 0.717) is 34.3 Å². The van der Waals surface area contributed by atoms with Gasteiger partial charge in [0.25, 0.3) is 0 Å². The van der Waals surface area contributed by atoms with Crippen LogP contribution in [0.15, 0.2) is 91.1 Å². The first-order valence-corrected chi connectivity index (χ1v) is 11.1. The molecule has 0 bridgehead atoms. The van der Waals surface area contributed by atoms with Crippen LogP contribution in [0.3, 0.4) is 0 Å². The molecule has 5 nitrogen and oxygen atoms in total. The molecule has 5 aromatic rings. The van der Waals surface area contributed by atoms with E-state index < -0.39 is 11.7 Å². The molecule has 0 aliphatic carbocycles. The summed E-state index contributed by atoms with van der Waals surface area (Å²) >= 11 is 6.33. The largest absolute Gasteiger partial charge is 0.508 e. The van der Waals surface area contributed by atoms with E-state index in [1.54, 1.807) is 24.3 Å². The Hall–Kier alpha value is -4.30. The summed E-state index contributed by atoms with van der Waals surface area (Å²) in [5, 5.41) is 24.2. The number of phenolic OH excluding ortho intramolecular Hbond substituents is 2. The number of hydrogen-bond acceptors (Lipinski definition) is 4. The van der Waals surface area contributed by atoms with Crippen LogP contribution in [-0.4, -0.2) is 25.0 Å². The number of hydrogen-bond donors (Lipinski definition) is 2. The van der Waals surface area contributed by atoms with Crippen molar-refractivity contribution >= 4 is 11.6 Å². The first kappa shape index (κ1) is 23.4. The van der Waals surface area contributed by atoms with Gasteiger partial charge in [-0.3, -0.25) is 0 Å². The van der Waals surface area contributed by atoms with Gasteiger partial charge in [-0.25, -0.2) is 9.67 Å². The third-order valence-electron chi connectivity index (χ3n) is 5.58. The minimum atomic E-state index is -4.61. The predicted molar refractivity (Wildman–Crippen MR) is 131 cm³/mol. The van der Waals surface area contributed by atoms with Crippen LogP contribution in [0.2, 0.25) is 5.02 Å². The highest BCUT2D eigenvalue weighted by atomic mass is 35.5. The van der Waals surface area contributed by atoms with E-state index in [1.165, 1.54) is 28.9 Å². The number of rotatable bonds is 4. The second-order valence-corrected chi connectivity index (χ2v) is 8.38. The number of benzene rings is 3. The van der Waals surface area contributed by atoms with E-state index in [-0.39, 0.29) is 22.3 Å². The number of alkyl halides is 3. The van der Waals surface area contributed by atoms with Crippen molar-refractivity contribution < 1.29 is 23.4 Å². The van der Waals surface area contributed by atoms with E-state index in [0.717, 1.165) is 11.6 Å². The van der Waals surface area contributed by atoms with Gasteiger partial charge in [-0.05, 0) is 60.2 Å². The van der Waals surface area contributed by atoms with Gasteiger partial charge in [0.1, 0.15) is 17.2 Å². The molecule has 0 radical (unpaired) electrons. The molecule has 0 atom stereocenters. The molecule has 2 N–H and O–H groups in total. The van der Waals surface area contributed by atoms with E-state index in [2.05, 4.69) is 4.98 Å². The molecule has 0 fully saturated rings. The van der Waals surface area contributed by atoms with Crippen molar-refractivity contribution in [2.24, 2.45) is 0 Å². The lowest BCUT2D eigenvalue weighted by atomic mass is 9.95. The monoisotopic (exact) mass is 507 g/mol. The van der Waals surface area contributed by atoms with E-state index >= 15 is 0 Å². The topological polar surface area (TPSA) is 71.2 Å². The van der Waals surface area contributed by atoms with Gasteiger partial charge >= 0.3 is 6.18 Å². The molecule has 0 aliphatic rings. The van der Waals surface area contributed by atoms with Gasteiger partial charge in [0.15, 0.2) is 5.82 Å². The van der Waals surface area contributed by atoms with Gasteiger partial charge in [-0.1, -0.05) is 41.9 Å². The van der Waals surface area contributed by atoms with Gasteiger partial charge in [0.05, 0.1) is 16.3 Å². The molecule has 0 saturated heterocycles. The zero-order valence-corrected chi connectivity index (χ0v) is 19.2. The van der Waals surface area contributed by atoms with Crippen LogP contribution in [-0.2, 0) is 6.18 Å². The summed E-state index contributed by atoms with van der Waals surface area (Å²) in [6, 6.07) is 22.9. The molecule has 9 heteroatoms. The Bertz CT molecular complexity index is 1530. The Morgan fingerprint density at radius 2 is 1.33 bits per heavy atom. The fourth-order valence-corrected chi connectivity index (χ4v) is 4.14. The van der Waals surface area contributed by atoms with Crippen molar-refractivity contribution in [2.75, 3.05) is 0 Å². The van der Waals surface area contributed by atoms with Gasteiger partial charge in [-0.2, -0.15) is 18.3 Å². The fraction of sp³-hybridized carbons (Fsp3) is 0.0370. The highest BCUT2D eigenvalue weighted by Gasteiger charge is 2.32. The molecule has 2 heterocycles. The highest BCUT2D eigenvalue weighted by Crippen LogP contribution is 2.43. The Kier molecular flexibility index (Phi) is 5.89. The first-order chi connectivity index (χ1) is 17.2. The van der Waals surface area contributed by atoms with Crippen molar-refractivity contribution in [1.82, 2.24) is 14.8 Å². The van der Waals surface area contributed by atoms with Crippen molar-refractivity contribution in [1.29, 1.82) is 0 Å². The molecule has 0 amide bonds. The van der Waals surface area contributed by atoms with Crippen LogP contribution in [0.5, 0.6) is 11.5 Å². The Morgan fingerprint density at radius 3 is 1.89 bits per heavy atom. The van der Waals surface area contributed by atoms with Crippen LogP contribution in [0, 0.1) is 0 Å². The van der Waals surface area contributed by atoms with Crippen LogP contribution in [0.4, 0.5) is 13.2 Å². The quantitative estimate of drug-likeness (QED) is 0.267. The molecule has 0 unspecified atom stereocenters. The lowest BCUT2D eigenvalue weighted by Crippen LogP contribution is -2.09. The summed E-state index contributed by atoms with van der Waals surface area (Å²) in [5.41, 5.74) is 2.79. The molecule has 3 aromatic carbocycles. The standard InChI is InChI=1S/C27H17ClF3N3O2/c28-22-14-19(27(29,30)31)15-32-26(22)34-25(18-8-12-21(36)13-9-18)23(16-4-2-1-3-5-16)24(33-34)17-6-10-20(35)11-7-17/h1-15,35-36H. The molecule has 36 heavy (non-hydrogen) atoms. The highest BCUT2D eigenvalue weighted by molar-refractivity contribution is 6.32. The summed E-state index contributed by atoms with van der Waals surface area (Å²) in [4.78, 5) is 4.03. The van der Waals surface area contributed by atoms with Crippen LogP contribution in [0.1, 0.15) is 5.56 Å². The smallest absolute Gasteiger partial charge is 0.417 e. The zero-order valence-electron chi connectivity index (χ0n) is 18.4. The second-order valence-electron chi connectivity index (χ2n) is 7.97. The number of aromatic nitrogens is 3. The van der Waals surface area contributed by atoms with Crippen molar-refractivity contribution in [3.8, 4) is 51.0 Å². The van der Waals surface area contributed by atoms with Crippen LogP contribution in [0.25, 0.3) is 39.5 Å². The first-order valence-electron chi connectivity index (χ1n) is 10.7. The van der Waals surface area contributed by atoms with Gasteiger partial charge in [-0.15, -0.1) is 0 Å². The molecule has 0 aliphatic heterocycles. The average molecular weight is 508 g/mol. The number of nitrogens with zero attached hydrogens (tertiary/aromatic N) is 3. The Labute approximate surface area is 208 Å². The van der Waals surface area contributed by atoms with Gasteiger partial charge < -0.3 is 10.2 Å². The molecular weight excluding hydrogens is 491 g/mol. The Balaban J connectivity index is 1.86. The maximum Gasteiger partial charge on any atom is 0.417 e. The molecule has 180 valence electrons. The lowest BCUT2D eigenvalue weighted by molar-refractivity contribution is -0.137. The summed E-state index contributed by atoms with van der Waals surface area (Å²) in [7, 11) is 0. The van der Waals surface area contributed by atoms with Crippen LogP contribution < -0.4 is 0 Å². The van der Waals surface area contributed by atoms with Crippen molar-refractivity contribution in [3.05, 3.63) is 102 Å². The predicted octanol–water partition coefficient (Wildman–Crippen LogP) is 7.35. The second kappa shape index (κ2) is 9.05. The molecule has 2 aromatic heterocycles. The summed E-state index contributed by atoms with van der Waals surface area (Å²) in [5.74, 6) is 0.135. The van der Waals surface area contributed by atoms with E-state index in [4.69, 9.17) is 16.7 Å². The molecule has 0 saturated carbocycles. The maximum atomic E-state index is 13.3. The SMILES string of the molecule is Oc1ccc(-c2nn(-c3ncc(C(F)(F)F)cc3Cl)c(-c3ccc(O)cc3)c2-c2ccccc2)cc1. The summed E-state index contributed by atoms with van der Waals surface area (Å²) in [6.45, 7) is 0. The van der Waals surface area contributed by atoms with Crippen molar-refractivity contribution in [3.63, 3.8) is 0 Å². The lowest BCUT2D eigenvalue weighted by Gasteiger charge is -2.13. The summed E-state index contributed by atoms with van der Waals surface area (Å²) in [6.07, 6.45) is -3.89. The number of halogens is 4. The fourth-order valence-electron chi connectivity index (χ4n) is 3.90. The third-order valence-corrected chi connectivity index (χ3v) is 5.86. The summed E-state index contributed by atoms with van der Waals surface area (Å²) < 4.78 is 41.2. The zero-order chi connectivity index (χ0) is 25.4. The van der Waals surface area contributed by atoms with Crippen molar-refractivity contribution in [2.45, 2.75) is 6.18 Å². The Morgan fingerprint density at radius 1 is 0.750 bits per heavy atom. The number of phenols is 2. The minimum Gasteiger partial charge on any atom is -0.508 e. The molecular formula is C27H17ClF3N3O2. The number of pyridine rings is 1. The third kappa shape index (κ3) is 4.38. The van der Waals surface area contributed by atoms with Gasteiger partial charge in [0, 0.05) is 22.9 Å². The van der Waals surface area contributed by atoms with Crippen LogP contribution >= 0.6 is 11.6 Å². The van der Waals surface area contributed by atoms with E-state index in [9.17, 15) is 23.4 Å². The number of aromatic hydroxyl groups is 2.